The number of amides is 1. The number of nitrogens with zero attached hydrogens (tertiary/aromatic N) is 4. The third-order valence-electron chi connectivity index (χ3n) is 7.21. The van der Waals surface area contributed by atoms with E-state index < -0.39 is 46.8 Å². The Bertz CT molecular complexity index is 1830. The number of benzene rings is 2. The molecule has 2 N–H and O–H groups in total. The summed E-state index contributed by atoms with van der Waals surface area (Å²) in [5, 5.41) is 4.28. The number of H-pyrrole nitrogens is 2. The van der Waals surface area contributed by atoms with Gasteiger partial charge in [0.15, 0.2) is 17.3 Å². The minimum Gasteiger partial charge on any atom is -0.367 e. The lowest BCUT2D eigenvalue weighted by molar-refractivity contribution is -0.140. The van der Waals surface area contributed by atoms with Crippen molar-refractivity contribution >= 4 is 16.9 Å². The van der Waals surface area contributed by atoms with Crippen molar-refractivity contribution in [3.8, 4) is 16.9 Å². The van der Waals surface area contributed by atoms with Gasteiger partial charge in [-0.15, -0.1) is 0 Å². The summed E-state index contributed by atoms with van der Waals surface area (Å²) in [7, 11) is 0. The quantitative estimate of drug-likeness (QED) is 0.281. The van der Waals surface area contributed by atoms with Crippen molar-refractivity contribution in [2.75, 3.05) is 13.1 Å². The second kappa shape index (κ2) is 9.71. The predicted octanol–water partition coefficient (Wildman–Crippen LogP) is 5.42. The highest BCUT2D eigenvalue weighted by Crippen LogP contribution is 2.34. The molecule has 2 aromatic carbocycles. The molecule has 1 fully saturated rings. The third-order valence-corrected chi connectivity index (χ3v) is 7.21. The van der Waals surface area contributed by atoms with E-state index in [0.717, 1.165) is 16.8 Å². The van der Waals surface area contributed by atoms with Gasteiger partial charge in [0.25, 0.3) is 5.91 Å². The maximum atomic E-state index is 14.5. The Morgan fingerprint density at radius 3 is 2.39 bits per heavy atom. The lowest BCUT2D eigenvalue weighted by Gasteiger charge is -2.32. The van der Waals surface area contributed by atoms with E-state index in [0.29, 0.717) is 23.4 Å². The van der Waals surface area contributed by atoms with Gasteiger partial charge in [0.05, 0.1) is 22.5 Å². The molecule has 0 spiro atoms. The first kappa shape index (κ1) is 26.5. The molecule has 41 heavy (non-hydrogen) atoms. The maximum Gasteiger partial charge on any atom is 0.419 e. The fourth-order valence-electron chi connectivity index (χ4n) is 5.22. The first-order valence-electron chi connectivity index (χ1n) is 12.5. The number of likely N-dealkylation sites (tertiary alicyclic amines) is 1. The average molecular weight is 574 g/mol. The summed E-state index contributed by atoms with van der Waals surface area (Å²) in [5.74, 6) is -4.18. The largest absolute Gasteiger partial charge is 0.419 e. The number of fused-ring (bicyclic) bond motifs is 1. The van der Waals surface area contributed by atoms with Crippen LogP contribution in [-0.4, -0.2) is 48.2 Å². The zero-order valence-corrected chi connectivity index (χ0v) is 21.0. The summed E-state index contributed by atoms with van der Waals surface area (Å²) in [6, 6.07) is 7.21. The van der Waals surface area contributed by atoms with Gasteiger partial charge >= 0.3 is 11.9 Å². The number of aromatic nitrogens is 5. The molecule has 5 aromatic rings. The molecule has 1 aliphatic heterocycles. The molecule has 6 rings (SSSR count). The van der Waals surface area contributed by atoms with E-state index in [1.54, 1.807) is 18.5 Å². The van der Waals surface area contributed by atoms with E-state index in [1.807, 2.05) is 0 Å². The summed E-state index contributed by atoms with van der Waals surface area (Å²) in [4.78, 5) is 32.8. The molecule has 8 nitrogen and oxygen atoms in total. The maximum absolute atomic E-state index is 14.5. The fourth-order valence-corrected chi connectivity index (χ4v) is 5.22. The van der Waals surface area contributed by atoms with Gasteiger partial charge in [0.2, 0.25) is 0 Å². The SMILES string of the molecule is O=C(c1cc(-c2cc[nH]c2)n(-c2ccc(F)c(C(F)(F)F)c2)n1)N1CCC(n2c(=O)[nH]c3ccc(F)c(F)c32)CC1. The number of carbonyl (C=O) groups excluding carboxylic acids is 1. The standard InChI is InChI=1S/C27H20F6N6O2/c28-18-2-1-16(11-17(18)27(31,32)33)39-22(14-5-8-34-13-14)12-21(36-39)25(40)37-9-6-15(7-10-37)38-24-20(35-26(38)41)4-3-19(29)23(24)30/h1-5,8,11-13,15,34H,6-7,9-10H2,(H,35,41). The highest BCUT2D eigenvalue weighted by atomic mass is 19.4. The summed E-state index contributed by atoms with van der Waals surface area (Å²) >= 11 is 0. The van der Waals surface area contributed by atoms with Crippen LogP contribution in [0.2, 0.25) is 0 Å². The highest BCUT2D eigenvalue weighted by molar-refractivity contribution is 5.93. The van der Waals surface area contributed by atoms with Gasteiger partial charge in [0.1, 0.15) is 11.3 Å². The van der Waals surface area contributed by atoms with Crippen LogP contribution in [0.1, 0.15) is 34.9 Å². The van der Waals surface area contributed by atoms with Crippen molar-refractivity contribution < 1.29 is 31.1 Å². The number of halogens is 6. The van der Waals surface area contributed by atoms with Crippen molar-refractivity contribution in [3.63, 3.8) is 0 Å². The zero-order chi connectivity index (χ0) is 29.1. The van der Waals surface area contributed by atoms with Gasteiger partial charge in [0, 0.05) is 37.1 Å². The Morgan fingerprint density at radius 2 is 1.71 bits per heavy atom. The molecule has 1 saturated heterocycles. The molecule has 0 bridgehead atoms. The fraction of sp³-hybridized carbons (Fsp3) is 0.222. The van der Waals surface area contributed by atoms with Gasteiger partial charge in [-0.05, 0) is 55.3 Å². The first-order chi connectivity index (χ1) is 19.5. The number of hydrogen-bond donors (Lipinski definition) is 2. The van der Waals surface area contributed by atoms with Crippen LogP contribution in [0.3, 0.4) is 0 Å². The van der Waals surface area contributed by atoms with Crippen LogP contribution in [0.15, 0.2) is 59.7 Å². The Hall–Kier alpha value is -4.75. The highest BCUT2D eigenvalue weighted by Gasteiger charge is 2.35. The van der Waals surface area contributed by atoms with Crippen molar-refractivity contribution in [2.24, 2.45) is 0 Å². The average Bonchev–Trinajstić information content (AvgIpc) is 3.69. The molecular weight excluding hydrogens is 554 g/mol. The first-order valence-corrected chi connectivity index (χ1v) is 12.5. The van der Waals surface area contributed by atoms with Crippen molar-refractivity contribution in [2.45, 2.75) is 25.1 Å². The minimum absolute atomic E-state index is 0.0603. The van der Waals surface area contributed by atoms with Crippen LogP contribution in [0.4, 0.5) is 26.3 Å². The van der Waals surface area contributed by atoms with Crippen LogP contribution >= 0.6 is 0 Å². The Morgan fingerprint density at radius 1 is 0.976 bits per heavy atom. The number of carbonyl (C=O) groups is 1. The summed E-state index contributed by atoms with van der Waals surface area (Å²) in [6.45, 7) is 0.307. The van der Waals surface area contributed by atoms with E-state index in [9.17, 15) is 35.9 Å². The third kappa shape index (κ3) is 4.58. The van der Waals surface area contributed by atoms with Crippen LogP contribution in [0, 0.1) is 17.5 Å². The molecule has 4 heterocycles. The van der Waals surface area contributed by atoms with Crippen LogP contribution < -0.4 is 5.69 Å². The number of aromatic amines is 2. The van der Waals surface area contributed by atoms with Crippen LogP contribution in [0.5, 0.6) is 0 Å². The lowest BCUT2D eigenvalue weighted by atomic mass is 10.0. The number of alkyl halides is 3. The monoisotopic (exact) mass is 574 g/mol. The van der Waals surface area contributed by atoms with E-state index in [4.69, 9.17) is 0 Å². The molecular formula is C27H20F6N6O2. The van der Waals surface area contributed by atoms with Gasteiger partial charge in [-0.2, -0.15) is 18.3 Å². The van der Waals surface area contributed by atoms with E-state index in [-0.39, 0.29) is 48.3 Å². The Kier molecular flexibility index (Phi) is 6.27. The Balaban J connectivity index is 1.29. The van der Waals surface area contributed by atoms with Crippen molar-refractivity contribution in [3.05, 3.63) is 94.1 Å². The molecule has 1 amide bonds. The molecule has 0 atom stereocenters. The van der Waals surface area contributed by atoms with Gasteiger partial charge in [-0.3, -0.25) is 9.36 Å². The van der Waals surface area contributed by atoms with Crippen molar-refractivity contribution in [1.29, 1.82) is 0 Å². The smallest absolute Gasteiger partial charge is 0.367 e. The second-order valence-corrected chi connectivity index (χ2v) is 9.67. The normalized spacial score (nSPS) is 14.7. The molecule has 0 saturated carbocycles. The predicted molar refractivity (Wildman–Crippen MR) is 135 cm³/mol. The molecule has 14 heteroatoms. The molecule has 212 valence electrons. The van der Waals surface area contributed by atoms with E-state index in [2.05, 4.69) is 15.1 Å². The molecule has 0 unspecified atom stereocenters. The summed E-state index contributed by atoms with van der Waals surface area (Å²) in [5.41, 5.74) is -1.41. The number of rotatable bonds is 4. The number of piperidine rings is 1. The topological polar surface area (TPSA) is 91.7 Å². The number of imidazole rings is 1. The summed E-state index contributed by atoms with van der Waals surface area (Å²) in [6.07, 6.45) is -1.26. The van der Waals surface area contributed by atoms with Crippen LogP contribution in [0.25, 0.3) is 28.0 Å². The summed E-state index contributed by atoms with van der Waals surface area (Å²) < 4.78 is 84.8. The van der Waals surface area contributed by atoms with Crippen molar-refractivity contribution in [1.82, 2.24) is 29.2 Å². The molecule has 0 radical (unpaired) electrons. The second-order valence-electron chi connectivity index (χ2n) is 9.67. The van der Waals surface area contributed by atoms with E-state index in [1.165, 1.54) is 21.6 Å². The van der Waals surface area contributed by atoms with E-state index >= 15 is 0 Å². The number of nitrogens with one attached hydrogen (secondary N) is 2. The van der Waals surface area contributed by atoms with Gasteiger partial charge in [-0.25, -0.2) is 22.6 Å². The zero-order valence-electron chi connectivity index (χ0n) is 21.0. The van der Waals surface area contributed by atoms with Crippen LogP contribution in [-0.2, 0) is 6.18 Å². The van der Waals surface area contributed by atoms with Gasteiger partial charge in [-0.1, -0.05) is 0 Å². The Labute approximate surface area is 226 Å². The number of hydrogen-bond acceptors (Lipinski definition) is 3. The lowest BCUT2D eigenvalue weighted by Crippen LogP contribution is -2.40. The van der Waals surface area contributed by atoms with Gasteiger partial charge < -0.3 is 14.9 Å². The molecule has 0 aliphatic carbocycles. The molecule has 3 aromatic heterocycles. The minimum atomic E-state index is -4.94. The molecule has 1 aliphatic rings.